The number of hydrogen-bond donors (Lipinski definition) is 0. The molecule has 72 valence electrons. The molecule has 1 heterocycles. The molecule has 0 aliphatic rings. The molecule has 2 nitrogen and oxygen atoms in total. The Bertz CT molecular complexity index is 310. The van der Waals surface area contributed by atoms with Crippen molar-refractivity contribution >= 4 is 0 Å². The van der Waals surface area contributed by atoms with Gasteiger partial charge in [0.25, 0.3) is 5.88 Å². The van der Waals surface area contributed by atoms with Crippen LogP contribution >= 0.6 is 0 Å². The zero-order valence-electron chi connectivity index (χ0n) is 6.52. The molecule has 0 bridgehead atoms. The summed E-state index contributed by atoms with van der Waals surface area (Å²) < 4.78 is 51.0. The van der Waals surface area contributed by atoms with Crippen LogP contribution in [0.1, 0.15) is 5.56 Å². The largest absolute Gasteiger partial charge is 0.574 e. The zero-order valence-corrected chi connectivity index (χ0v) is 6.52. The SMILES string of the molecule is Cc1ccnc(OC(F)(F)F)c1F. The third kappa shape index (κ3) is 2.57. The number of ether oxygens (including phenoxy) is 1. The number of aryl methyl sites for hydroxylation is 1. The third-order valence-electron chi connectivity index (χ3n) is 1.26. The Morgan fingerprint density at radius 2 is 2.00 bits per heavy atom. The van der Waals surface area contributed by atoms with Crippen LogP contribution in [0, 0.1) is 12.7 Å². The van der Waals surface area contributed by atoms with Crippen molar-refractivity contribution in [3.63, 3.8) is 0 Å². The number of halogens is 4. The monoisotopic (exact) mass is 195 g/mol. The summed E-state index contributed by atoms with van der Waals surface area (Å²) in [5.41, 5.74) is 0.0502. The first-order valence-corrected chi connectivity index (χ1v) is 3.27. The minimum Gasteiger partial charge on any atom is -0.385 e. The van der Waals surface area contributed by atoms with Gasteiger partial charge in [0.05, 0.1) is 0 Å². The molecule has 1 rings (SSSR count). The van der Waals surface area contributed by atoms with Gasteiger partial charge in [-0.3, -0.25) is 0 Å². The molecule has 0 aliphatic heterocycles. The predicted octanol–water partition coefficient (Wildman–Crippen LogP) is 2.43. The van der Waals surface area contributed by atoms with Crippen molar-refractivity contribution in [1.29, 1.82) is 0 Å². The zero-order chi connectivity index (χ0) is 10.1. The maximum atomic E-state index is 12.8. The van der Waals surface area contributed by atoms with Crippen LogP contribution in [0.5, 0.6) is 5.88 Å². The van der Waals surface area contributed by atoms with E-state index in [-0.39, 0.29) is 5.56 Å². The summed E-state index contributed by atoms with van der Waals surface area (Å²) in [5, 5.41) is 0. The summed E-state index contributed by atoms with van der Waals surface area (Å²) in [6.07, 6.45) is -3.87. The molecule has 6 heteroatoms. The lowest BCUT2D eigenvalue weighted by Gasteiger charge is -2.08. The molecule has 0 aliphatic carbocycles. The number of nitrogens with zero attached hydrogens (tertiary/aromatic N) is 1. The van der Waals surface area contributed by atoms with Gasteiger partial charge in [-0.1, -0.05) is 0 Å². The molecule has 0 atom stereocenters. The van der Waals surface area contributed by atoms with Crippen LogP contribution in [0.2, 0.25) is 0 Å². The molecule has 0 amide bonds. The summed E-state index contributed by atoms with van der Waals surface area (Å²) in [6.45, 7) is 1.32. The molecule has 0 saturated heterocycles. The standard InChI is InChI=1S/C7H5F4NO/c1-4-2-3-12-6(5(4)8)13-7(9,10)11/h2-3H,1H3. The van der Waals surface area contributed by atoms with E-state index < -0.39 is 18.1 Å². The summed E-state index contributed by atoms with van der Waals surface area (Å²) in [6, 6.07) is 1.25. The van der Waals surface area contributed by atoms with Crippen molar-refractivity contribution in [2.45, 2.75) is 13.3 Å². The number of aromatic nitrogens is 1. The maximum Gasteiger partial charge on any atom is 0.574 e. The average Bonchev–Trinajstić information content (AvgIpc) is 1.96. The maximum absolute atomic E-state index is 12.8. The molecule has 0 N–H and O–H groups in total. The van der Waals surface area contributed by atoms with E-state index in [1.807, 2.05) is 0 Å². The van der Waals surface area contributed by atoms with Gasteiger partial charge in [-0.15, -0.1) is 13.2 Å². The van der Waals surface area contributed by atoms with Crippen molar-refractivity contribution in [3.05, 3.63) is 23.6 Å². The lowest BCUT2D eigenvalue weighted by molar-refractivity contribution is -0.277. The van der Waals surface area contributed by atoms with Crippen LogP contribution in [0.3, 0.4) is 0 Å². The van der Waals surface area contributed by atoms with Gasteiger partial charge in [-0.2, -0.15) is 0 Å². The second-order valence-corrected chi connectivity index (χ2v) is 2.29. The van der Waals surface area contributed by atoms with Crippen LogP contribution in [0.25, 0.3) is 0 Å². The van der Waals surface area contributed by atoms with Crippen molar-refractivity contribution < 1.29 is 22.3 Å². The fraction of sp³-hybridized carbons (Fsp3) is 0.286. The second kappa shape index (κ2) is 3.20. The molecule has 13 heavy (non-hydrogen) atoms. The Labute approximate surface area is 71.2 Å². The van der Waals surface area contributed by atoms with Gasteiger partial charge >= 0.3 is 6.36 Å². The summed E-state index contributed by atoms with van der Waals surface area (Å²) in [4.78, 5) is 3.11. The fourth-order valence-corrected chi connectivity index (χ4v) is 0.696. The highest BCUT2D eigenvalue weighted by Gasteiger charge is 2.33. The first kappa shape index (κ1) is 9.76. The molecule has 0 aromatic carbocycles. The fourth-order valence-electron chi connectivity index (χ4n) is 0.696. The van der Waals surface area contributed by atoms with Gasteiger partial charge in [0.15, 0.2) is 5.82 Å². The van der Waals surface area contributed by atoms with E-state index in [0.29, 0.717) is 0 Å². The third-order valence-corrected chi connectivity index (χ3v) is 1.26. The van der Waals surface area contributed by atoms with Gasteiger partial charge in [-0.25, -0.2) is 9.37 Å². The highest BCUT2D eigenvalue weighted by atomic mass is 19.4. The lowest BCUT2D eigenvalue weighted by Crippen LogP contribution is -2.19. The smallest absolute Gasteiger partial charge is 0.385 e. The Morgan fingerprint density at radius 3 is 2.54 bits per heavy atom. The highest BCUT2D eigenvalue weighted by molar-refractivity contribution is 5.22. The topological polar surface area (TPSA) is 22.1 Å². The molecule has 0 unspecified atom stereocenters. The molecular weight excluding hydrogens is 190 g/mol. The molecular formula is C7H5F4NO. The Morgan fingerprint density at radius 1 is 1.38 bits per heavy atom. The lowest BCUT2D eigenvalue weighted by atomic mass is 10.3. The molecule has 0 spiro atoms. The van der Waals surface area contributed by atoms with Crippen molar-refractivity contribution in [1.82, 2.24) is 4.98 Å². The Hall–Kier alpha value is -1.33. The van der Waals surface area contributed by atoms with Crippen LogP contribution in [-0.4, -0.2) is 11.3 Å². The number of pyridine rings is 1. The van der Waals surface area contributed by atoms with Crippen LogP contribution in [0.15, 0.2) is 12.3 Å². The molecule has 0 fully saturated rings. The van der Waals surface area contributed by atoms with Crippen LogP contribution in [-0.2, 0) is 0 Å². The van der Waals surface area contributed by atoms with Crippen LogP contribution in [0.4, 0.5) is 17.6 Å². The highest BCUT2D eigenvalue weighted by Crippen LogP contribution is 2.24. The van der Waals surface area contributed by atoms with Crippen molar-refractivity contribution in [2.24, 2.45) is 0 Å². The van der Waals surface area contributed by atoms with E-state index in [9.17, 15) is 17.6 Å². The predicted molar refractivity (Wildman–Crippen MR) is 35.6 cm³/mol. The second-order valence-electron chi connectivity index (χ2n) is 2.29. The summed E-state index contributed by atoms with van der Waals surface area (Å²) >= 11 is 0. The minimum absolute atomic E-state index is 0.0502. The van der Waals surface area contributed by atoms with E-state index in [1.165, 1.54) is 13.0 Å². The summed E-state index contributed by atoms with van der Waals surface area (Å²) in [5.74, 6) is -2.15. The average molecular weight is 195 g/mol. The number of alkyl halides is 3. The van der Waals surface area contributed by atoms with Crippen LogP contribution < -0.4 is 4.74 Å². The number of rotatable bonds is 1. The van der Waals surface area contributed by atoms with E-state index in [0.717, 1.165) is 6.20 Å². The minimum atomic E-state index is -4.92. The normalized spacial score (nSPS) is 11.5. The van der Waals surface area contributed by atoms with E-state index in [4.69, 9.17) is 0 Å². The summed E-state index contributed by atoms with van der Waals surface area (Å²) in [7, 11) is 0. The van der Waals surface area contributed by atoms with Crippen molar-refractivity contribution in [2.75, 3.05) is 0 Å². The first-order valence-electron chi connectivity index (χ1n) is 3.27. The quantitative estimate of drug-likeness (QED) is 0.642. The van der Waals surface area contributed by atoms with E-state index in [2.05, 4.69) is 9.72 Å². The first-order chi connectivity index (χ1) is 5.90. The van der Waals surface area contributed by atoms with Gasteiger partial charge in [0.1, 0.15) is 0 Å². The molecule has 1 aromatic heterocycles. The number of hydrogen-bond acceptors (Lipinski definition) is 2. The van der Waals surface area contributed by atoms with Gasteiger partial charge in [0.2, 0.25) is 0 Å². The van der Waals surface area contributed by atoms with Gasteiger partial charge < -0.3 is 4.74 Å². The molecule has 0 saturated carbocycles. The van der Waals surface area contributed by atoms with E-state index in [1.54, 1.807) is 0 Å². The van der Waals surface area contributed by atoms with Crippen molar-refractivity contribution in [3.8, 4) is 5.88 Å². The van der Waals surface area contributed by atoms with Gasteiger partial charge in [0, 0.05) is 6.20 Å². The molecule has 1 aromatic rings. The Kier molecular flexibility index (Phi) is 2.40. The Balaban J connectivity index is 2.96. The van der Waals surface area contributed by atoms with Gasteiger partial charge in [-0.05, 0) is 18.6 Å². The molecule has 0 radical (unpaired) electrons. The van der Waals surface area contributed by atoms with E-state index >= 15 is 0 Å².